The number of rotatable bonds is 8. The minimum absolute atomic E-state index is 0.154. The number of allylic oxidation sites excluding steroid dienone is 1. The lowest BCUT2D eigenvalue weighted by molar-refractivity contribution is -0.139. The fraction of sp³-hybridized carbons (Fsp3) is 0.286. The predicted molar refractivity (Wildman–Crippen MR) is 144 cm³/mol. The molecule has 0 bridgehead atoms. The highest BCUT2D eigenvalue weighted by molar-refractivity contribution is 7.07. The van der Waals surface area contributed by atoms with Gasteiger partial charge in [0.1, 0.15) is 0 Å². The number of hydrogen-bond donors (Lipinski definition) is 0. The summed E-state index contributed by atoms with van der Waals surface area (Å²) in [5.74, 6) is 0.489. The average molecular weight is 553 g/mol. The molecule has 0 radical (unpaired) electrons. The van der Waals surface area contributed by atoms with Crippen LogP contribution in [-0.2, 0) is 14.3 Å². The summed E-state index contributed by atoms with van der Waals surface area (Å²) in [5, 5.41) is 0. The molecule has 1 aliphatic heterocycles. The number of hydrogen-bond acceptors (Lipinski definition) is 10. The summed E-state index contributed by atoms with van der Waals surface area (Å²) in [6, 6.07) is 9.35. The quantitative estimate of drug-likeness (QED) is 0.310. The van der Waals surface area contributed by atoms with Crippen LogP contribution < -0.4 is 33.8 Å². The van der Waals surface area contributed by atoms with E-state index in [1.807, 2.05) is 6.07 Å². The fourth-order valence-electron chi connectivity index (χ4n) is 4.29. The second kappa shape index (κ2) is 11.6. The molecular weight excluding hydrogens is 524 g/mol. The van der Waals surface area contributed by atoms with Gasteiger partial charge in [0.15, 0.2) is 27.8 Å². The van der Waals surface area contributed by atoms with Crippen molar-refractivity contribution in [2.75, 3.05) is 27.9 Å². The van der Waals surface area contributed by atoms with Gasteiger partial charge in [0, 0.05) is 6.92 Å². The number of nitrogens with zero attached hydrogens (tertiary/aromatic N) is 2. The number of esters is 2. The highest BCUT2D eigenvalue weighted by Gasteiger charge is 2.34. The lowest BCUT2D eigenvalue weighted by Gasteiger charge is -2.25. The molecule has 1 unspecified atom stereocenters. The molecule has 0 aliphatic carbocycles. The molecule has 0 saturated carbocycles. The zero-order chi connectivity index (χ0) is 28.3. The van der Waals surface area contributed by atoms with Crippen LogP contribution in [0.25, 0.3) is 6.08 Å². The van der Waals surface area contributed by atoms with E-state index < -0.39 is 18.0 Å². The van der Waals surface area contributed by atoms with E-state index in [9.17, 15) is 14.4 Å². The van der Waals surface area contributed by atoms with Crippen LogP contribution in [0.15, 0.2) is 57.5 Å². The highest BCUT2D eigenvalue weighted by Crippen LogP contribution is 2.36. The third-order valence-corrected chi connectivity index (χ3v) is 6.96. The Kier molecular flexibility index (Phi) is 8.20. The van der Waals surface area contributed by atoms with E-state index in [-0.39, 0.29) is 29.2 Å². The maximum absolute atomic E-state index is 13.8. The second-order valence-electron chi connectivity index (χ2n) is 8.42. The van der Waals surface area contributed by atoms with Gasteiger partial charge >= 0.3 is 11.9 Å². The zero-order valence-corrected chi connectivity index (χ0v) is 23.2. The van der Waals surface area contributed by atoms with Crippen LogP contribution in [0, 0.1) is 0 Å². The van der Waals surface area contributed by atoms with Gasteiger partial charge in [-0.25, -0.2) is 9.79 Å². The number of methoxy groups -OCH3 is 3. The third kappa shape index (κ3) is 5.44. The van der Waals surface area contributed by atoms with Crippen molar-refractivity contribution in [3.05, 3.63) is 78.5 Å². The maximum atomic E-state index is 13.8. The van der Waals surface area contributed by atoms with E-state index in [0.717, 1.165) is 5.56 Å². The molecule has 204 valence electrons. The number of fused-ring (bicyclic) bond motifs is 1. The Morgan fingerprint density at radius 2 is 1.67 bits per heavy atom. The van der Waals surface area contributed by atoms with E-state index in [2.05, 4.69) is 4.99 Å². The molecule has 0 fully saturated rings. The Hall–Kier alpha value is -4.38. The normalized spacial score (nSPS) is 14.8. The van der Waals surface area contributed by atoms with Gasteiger partial charge in [-0.1, -0.05) is 23.5 Å². The molecular formula is C28H28N2O8S. The summed E-state index contributed by atoms with van der Waals surface area (Å²) in [4.78, 5) is 43.5. The van der Waals surface area contributed by atoms with E-state index in [1.54, 1.807) is 57.4 Å². The van der Waals surface area contributed by atoms with Crippen molar-refractivity contribution in [2.45, 2.75) is 26.8 Å². The van der Waals surface area contributed by atoms with Crippen LogP contribution in [0.4, 0.5) is 0 Å². The summed E-state index contributed by atoms with van der Waals surface area (Å²) < 4.78 is 28.6. The largest absolute Gasteiger partial charge is 0.493 e. The third-order valence-electron chi connectivity index (χ3n) is 5.98. The average Bonchev–Trinajstić information content (AvgIpc) is 3.21. The van der Waals surface area contributed by atoms with Gasteiger partial charge in [0.2, 0.25) is 0 Å². The highest BCUT2D eigenvalue weighted by atomic mass is 32.1. The molecule has 1 aliphatic rings. The second-order valence-corrected chi connectivity index (χ2v) is 9.43. The maximum Gasteiger partial charge on any atom is 0.338 e. The molecule has 0 amide bonds. The minimum atomic E-state index is -0.854. The smallest absolute Gasteiger partial charge is 0.338 e. The first-order valence-electron chi connectivity index (χ1n) is 12.0. The van der Waals surface area contributed by atoms with Crippen LogP contribution in [0.2, 0.25) is 0 Å². The van der Waals surface area contributed by atoms with Gasteiger partial charge in [0.25, 0.3) is 5.56 Å². The Balaban J connectivity index is 1.93. The summed E-state index contributed by atoms with van der Waals surface area (Å²) >= 11 is 1.20. The summed E-state index contributed by atoms with van der Waals surface area (Å²) in [5.41, 5.74) is 1.60. The summed E-state index contributed by atoms with van der Waals surface area (Å²) in [6.45, 7) is 4.85. The Morgan fingerprint density at radius 3 is 2.31 bits per heavy atom. The molecule has 4 rings (SSSR count). The fourth-order valence-corrected chi connectivity index (χ4v) is 5.34. The molecule has 39 heavy (non-hydrogen) atoms. The van der Waals surface area contributed by atoms with Crippen LogP contribution >= 0.6 is 11.3 Å². The zero-order valence-electron chi connectivity index (χ0n) is 22.4. The van der Waals surface area contributed by atoms with Gasteiger partial charge in [-0.2, -0.15) is 0 Å². The predicted octanol–water partition coefficient (Wildman–Crippen LogP) is 2.75. The molecule has 10 nitrogen and oxygen atoms in total. The first-order chi connectivity index (χ1) is 18.7. The van der Waals surface area contributed by atoms with E-state index in [1.165, 1.54) is 37.0 Å². The van der Waals surface area contributed by atoms with E-state index in [0.29, 0.717) is 32.1 Å². The number of benzene rings is 2. The lowest BCUT2D eigenvalue weighted by Crippen LogP contribution is -2.40. The van der Waals surface area contributed by atoms with Gasteiger partial charge in [-0.3, -0.25) is 14.2 Å². The first-order valence-corrected chi connectivity index (χ1v) is 12.8. The monoisotopic (exact) mass is 552 g/mol. The molecule has 2 heterocycles. The number of thiazole rings is 1. The van der Waals surface area contributed by atoms with Gasteiger partial charge in [-0.05, 0) is 55.3 Å². The molecule has 11 heteroatoms. The Labute approximate surface area is 228 Å². The molecule has 2 aromatic carbocycles. The van der Waals surface area contributed by atoms with Crippen molar-refractivity contribution >= 4 is 29.4 Å². The molecule has 3 aromatic rings. The van der Waals surface area contributed by atoms with Crippen molar-refractivity contribution in [1.29, 1.82) is 0 Å². The molecule has 1 aromatic heterocycles. The summed E-state index contributed by atoms with van der Waals surface area (Å²) in [7, 11) is 4.52. The van der Waals surface area contributed by atoms with Gasteiger partial charge in [0.05, 0.1) is 49.8 Å². The first kappa shape index (κ1) is 27.6. The Bertz CT molecular complexity index is 1650. The topological polar surface area (TPSA) is 115 Å². The van der Waals surface area contributed by atoms with Crippen LogP contribution in [-0.4, -0.2) is 44.4 Å². The van der Waals surface area contributed by atoms with Crippen molar-refractivity contribution in [3.63, 3.8) is 0 Å². The number of ether oxygens (including phenoxy) is 5. The molecule has 1 atom stereocenters. The van der Waals surface area contributed by atoms with Crippen LogP contribution in [0.3, 0.4) is 0 Å². The SMILES string of the molecule is CCOC(=O)C1=C(C)N=c2s/c(=C/c3ccc(OC)c(OC)c3)c(=O)n2C1c1ccc(OC(C)=O)c(OC)c1. The van der Waals surface area contributed by atoms with Crippen LogP contribution in [0.5, 0.6) is 23.0 Å². The minimum Gasteiger partial charge on any atom is -0.493 e. The van der Waals surface area contributed by atoms with Crippen molar-refractivity contribution in [1.82, 2.24) is 4.57 Å². The van der Waals surface area contributed by atoms with Gasteiger partial charge in [-0.15, -0.1) is 0 Å². The van der Waals surface area contributed by atoms with E-state index in [4.69, 9.17) is 23.7 Å². The standard InChI is InChI=1S/C28H28N2O8S/c1-7-37-27(33)24-15(2)29-28-30(25(24)18-9-11-20(38-16(3)31)22(14-18)36-6)26(32)23(39-28)13-17-8-10-19(34-4)21(12-17)35-5/h8-14,25H,7H2,1-6H3/b23-13+. The molecule has 0 spiro atoms. The van der Waals surface area contributed by atoms with Crippen LogP contribution in [0.1, 0.15) is 37.9 Å². The van der Waals surface area contributed by atoms with E-state index >= 15 is 0 Å². The number of aromatic nitrogens is 1. The molecule has 0 N–H and O–H groups in total. The van der Waals surface area contributed by atoms with Crippen molar-refractivity contribution in [3.8, 4) is 23.0 Å². The molecule has 0 saturated heterocycles. The van der Waals surface area contributed by atoms with Crippen molar-refractivity contribution in [2.24, 2.45) is 4.99 Å². The number of carbonyl (C=O) groups excluding carboxylic acids is 2. The van der Waals surface area contributed by atoms with Crippen molar-refractivity contribution < 1.29 is 33.3 Å². The van der Waals surface area contributed by atoms with Gasteiger partial charge < -0.3 is 23.7 Å². The lowest BCUT2D eigenvalue weighted by atomic mass is 9.95. The Morgan fingerprint density at radius 1 is 1.00 bits per heavy atom. The summed E-state index contributed by atoms with van der Waals surface area (Å²) in [6.07, 6.45) is 1.73. The number of carbonyl (C=O) groups is 2.